The molecule has 1 aliphatic heterocycles. The summed E-state index contributed by atoms with van der Waals surface area (Å²) in [6.45, 7) is 4.37. The van der Waals surface area contributed by atoms with E-state index in [9.17, 15) is 14.4 Å². The van der Waals surface area contributed by atoms with Gasteiger partial charge in [-0.1, -0.05) is 48.5 Å². The number of para-hydroxylation sites is 1. The first-order chi connectivity index (χ1) is 16.9. The Bertz CT molecular complexity index is 1440. The minimum absolute atomic E-state index is 0.193. The molecule has 0 fully saturated rings. The van der Waals surface area contributed by atoms with Crippen molar-refractivity contribution in [3.63, 3.8) is 0 Å². The van der Waals surface area contributed by atoms with Crippen LogP contribution in [0.5, 0.6) is 0 Å². The molecule has 0 spiro atoms. The molecule has 0 radical (unpaired) electrons. The first-order valence-corrected chi connectivity index (χ1v) is 11.4. The summed E-state index contributed by atoms with van der Waals surface area (Å²) in [7, 11) is 0. The molecule has 1 N–H and O–H groups in total. The second-order valence-electron chi connectivity index (χ2n) is 8.52. The van der Waals surface area contributed by atoms with Gasteiger partial charge in [0.1, 0.15) is 0 Å². The van der Waals surface area contributed by atoms with Crippen molar-refractivity contribution in [1.82, 2.24) is 20.0 Å². The molecule has 1 aliphatic rings. The van der Waals surface area contributed by atoms with Gasteiger partial charge in [0.05, 0.1) is 29.1 Å². The van der Waals surface area contributed by atoms with E-state index in [-0.39, 0.29) is 29.8 Å². The van der Waals surface area contributed by atoms with E-state index in [4.69, 9.17) is 0 Å². The number of aromatic nitrogens is 2. The van der Waals surface area contributed by atoms with Gasteiger partial charge >= 0.3 is 0 Å². The van der Waals surface area contributed by atoms with Crippen LogP contribution in [0.15, 0.2) is 78.9 Å². The van der Waals surface area contributed by atoms with Gasteiger partial charge in [-0.15, -0.1) is 0 Å². The van der Waals surface area contributed by atoms with Crippen molar-refractivity contribution in [3.8, 4) is 5.69 Å². The summed E-state index contributed by atoms with van der Waals surface area (Å²) in [6, 6.07) is 23.8. The minimum atomic E-state index is -0.390. The number of rotatable bonds is 6. The molecule has 0 aliphatic carbocycles. The molecule has 5 rings (SSSR count). The number of carbonyl (C=O) groups excluding carboxylic acids is 3. The highest BCUT2D eigenvalue weighted by Gasteiger charge is 2.36. The normalized spacial score (nSPS) is 12.7. The molecule has 0 bridgehead atoms. The zero-order valence-electron chi connectivity index (χ0n) is 19.5. The standard InChI is InChI=1S/C28H24N4O3/c1-18-25(19(2)32(30-18)22-11-7-4-8-12-22)16-29-26(33)21-13-14-23-24(15-21)28(35)31(27(23)34)17-20-9-5-3-6-10-20/h3-15H,16-17H2,1-2H3,(H,29,33). The fourth-order valence-corrected chi connectivity index (χ4v) is 4.36. The third-order valence-electron chi connectivity index (χ3n) is 6.28. The van der Waals surface area contributed by atoms with E-state index in [2.05, 4.69) is 10.4 Å². The summed E-state index contributed by atoms with van der Waals surface area (Å²) in [4.78, 5) is 39.9. The zero-order valence-corrected chi connectivity index (χ0v) is 19.5. The van der Waals surface area contributed by atoms with E-state index in [0.717, 1.165) is 28.2 Å². The predicted octanol–water partition coefficient (Wildman–Crippen LogP) is 4.22. The highest BCUT2D eigenvalue weighted by molar-refractivity contribution is 6.22. The van der Waals surface area contributed by atoms with Crippen molar-refractivity contribution in [2.75, 3.05) is 0 Å². The first-order valence-electron chi connectivity index (χ1n) is 11.4. The van der Waals surface area contributed by atoms with Crippen LogP contribution >= 0.6 is 0 Å². The molecule has 0 saturated carbocycles. The van der Waals surface area contributed by atoms with E-state index in [0.29, 0.717) is 17.7 Å². The molecule has 7 nitrogen and oxygen atoms in total. The highest BCUT2D eigenvalue weighted by atomic mass is 16.2. The van der Waals surface area contributed by atoms with Gasteiger partial charge in [0.2, 0.25) is 0 Å². The van der Waals surface area contributed by atoms with Crippen LogP contribution in [0.1, 0.15) is 53.6 Å². The molecule has 0 unspecified atom stereocenters. The Balaban J connectivity index is 1.32. The average molecular weight is 465 g/mol. The molecule has 0 saturated heterocycles. The molecule has 7 heteroatoms. The van der Waals surface area contributed by atoms with E-state index in [1.807, 2.05) is 79.2 Å². The van der Waals surface area contributed by atoms with Crippen molar-refractivity contribution in [1.29, 1.82) is 0 Å². The maximum Gasteiger partial charge on any atom is 0.261 e. The molecule has 1 aromatic heterocycles. The second-order valence-corrected chi connectivity index (χ2v) is 8.52. The summed E-state index contributed by atoms with van der Waals surface area (Å²) in [5.74, 6) is -1.06. The predicted molar refractivity (Wildman–Crippen MR) is 131 cm³/mol. The lowest BCUT2D eigenvalue weighted by molar-refractivity contribution is 0.0642. The lowest BCUT2D eigenvalue weighted by atomic mass is 10.1. The van der Waals surface area contributed by atoms with Crippen LogP contribution in [-0.4, -0.2) is 32.4 Å². The second kappa shape index (κ2) is 9.02. The van der Waals surface area contributed by atoms with Crippen LogP contribution in [0.4, 0.5) is 0 Å². The third kappa shape index (κ3) is 4.12. The van der Waals surface area contributed by atoms with E-state index in [1.54, 1.807) is 12.1 Å². The number of amides is 3. The van der Waals surface area contributed by atoms with Crippen LogP contribution in [0.25, 0.3) is 5.69 Å². The fourth-order valence-electron chi connectivity index (χ4n) is 4.36. The number of nitrogens with one attached hydrogen (secondary N) is 1. The van der Waals surface area contributed by atoms with Crippen molar-refractivity contribution in [2.24, 2.45) is 0 Å². The summed E-state index contributed by atoms with van der Waals surface area (Å²) in [5.41, 5.74) is 5.43. The van der Waals surface area contributed by atoms with Crippen molar-refractivity contribution in [3.05, 3.63) is 118 Å². The molecule has 0 atom stereocenters. The molecule has 35 heavy (non-hydrogen) atoms. The van der Waals surface area contributed by atoms with Crippen molar-refractivity contribution >= 4 is 17.7 Å². The lowest BCUT2D eigenvalue weighted by Gasteiger charge is -2.13. The van der Waals surface area contributed by atoms with Crippen LogP contribution in [0, 0.1) is 13.8 Å². The summed E-state index contributed by atoms with van der Waals surface area (Å²) < 4.78 is 1.86. The number of carbonyl (C=O) groups is 3. The summed E-state index contributed by atoms with van der Waals surface area (Å²) in [6.07, 6.45) is 0. The Hall–Kier alpha value is -4.52. The Morgan fingerprint density at radius 1 is 0.857 bits per heavy atom. The largest absolute Gasteiger partial charge is 0.348 e. The van der Waals surface area contributed by atoms with Gasteiger partial charge in [-0.2, -0.15) is 5.10 Å². The molecular weight excluding hydrogens is 440 g/mol. The van der Waals surface area contributed by atoms with Crippen LogP contribution in [-0.2, 0) is 13.1 Å². The van der Waals surface area contributed by atoms with Gasteiger partial charge in [-0.3, -0.25) is 19.3 Å². The van der Waals surface area contributed by atoms with Crippen molar-refractivity contribution in [2.45, 2.75) is 26.9 Å². The number of benzene rings is 3. The maximum atomic E-state index is 13.0. The topological polar surface area (TPSA) is 84.3 Å². The van der Waals surface area contributed by atoms with Gasteiger partial charge in [-0.25, -0.2) is 4.68 Å². The maximum absolute atomic E-state index is 13.0. The Labute approximate surface area is 203 Å². The van der Waals surface area contributed by atoms with Crippen LogP contribution in [0.3, 0.4) is 0 Å². The summed E-state index contributed by atoms with van der Waals surface area (Å²) in [5, 5.41) is 7.54. The Kier molecular flexibility index (Phi) is 5.74. The number of nitrogens with zero attached hydrogens (tertiary/aromatic N) is 3. The van der Waals surface area contributed by atoms with Gasteiger partial charge in [0, 0.05) is 23.4 Å². The zero-order chi connectivity index (χ0) is 24.5. The van der Waals surface area contributed by atoms with Crippen LogP contribution < -0.4 is 5.32 Å². The molecule has 174 valence electrons. The smallest absolute Gasteiger partial charge is 0.261 e. The van der Waals surface area contributed by atoms with E-state index < -0.39 is 0 Å². The third-order valence-corrected chi connectivity index (χ3v) is 6.28. The van der Waals surface area contributed by atoms with Crippen LogP contribution in [0.2, 0.25) is 0 Å². The Morgan fingerprint density at radius 2 is 1.51 bits per heavy atom. The van der Waals surface area contributed by atoms with E-state index in [1.165, 1.54) is 11.0 Å². The molecule has 2 heterocycles. The Morgan fingerprint density at radius 3 is 2.23 bits per heavy atom. The first kappa shape index (κ1) is 22.3. The lowest BCUT2D eigenvalue weighted by Crippen LogP contribution is -2.29. The summed E-state index contributed by atoms with van der Waals surface area (Å²) >= 11 is 0. The average Bonchev–Trinajstić information content (AvgIpc) is 3.30. The quantitative estimate of drug-likeness (QED) is 0.433. The number of hydrogen-bond acceptors (Lipinski definition) is 4. The number of fused-ring (bicyclic) bond motifs is 1. The SMILES string of the molecule is Cc1nn(-c2ccccc2)c(C)c1CNC(=O)c1ccc2c(c1)C(=O)N(Cc1ccccc1)C2=O. The van der Waals surface area contributed by atoms with Gasteiger partial charge in [-0.05, 0) is 49.7 Å². The number of imide groups is 1. The molecule has 3 amide bonds. The molecule has 4 aromatic rings. The van der Waals surface area contributed by atoms with Gasteiger partial charge < -0.3 is 5.32 Å². The van der Waals surface area contributed by atoms with Gasteiger partial charge in [0.25, 0.3) is 17.7 Å². The molecule has 3 aromatic carbocycles. The fraction of sp³-hybridized carbons (Fsp3) is 0.143. The number of aryl methyl sites for hydroxylation is 1. The van der Waals surface area contributed by atoms with Crippen molar-refractivity contribution < 1.29 is 14.4 Å². The van der Waals surface area contributed by atoms with E-state index >= 15 is 0 Å². The number of hydrogen-bond donors (Lipinski definition) is 1. The minimum Gasteiger partial charge on any atom is -0.348 e. The molecular formula is C28H24N4O3. The highest BCUT2D eigenvalue weighted by Crippen LogP contribution is 2.26. The monoisotopic (exact) mass is 464 g/mol. The van der Waals surface area contributed by atoms with Gasteiger partial charge in [0.15, 0.2) is 0 Å².